The van der Waals surface area contributed by atoms with Gasteiger partial charge in [-0.25, -0.2) is 28.8 Å². The standard InChI is InChI=1S/C32H36FN9O4/c1-19-10-20(14-39(19)5)24-13-34-23-8-9-28(37-30(23)36-24)41(25-11-22(44-6)12-26(45-7)29(25)33)17-27-35-18-42(38-27)21-15-40(16-21)31(43)46-32(2,3)4/h8-14,18,21H,15-17H2,1-7H3. The smallest absolute Gasteiger partial charge is 0.410 e. The summed E-state index contributed by atoms with van der Waals surface area (Å²) in [4.78, 5) is 34.4. The summed E-state index contributed by atoms with van der Waals surface area (Å²) in [6, 6.07) is 8.55. The van der Waals surface area contributed by atoms with Crippen molar-refractivity contribution >= 4 is 28.8 Å². The van der Waals surface area contributed by atoms with Crippen LogP contribution in [0, 0.1) is 12.7 Å². The molecule has 1 amide bonds. The molecule has 0 saturated carbocycles. The van der Waals surface area contributed by atoms with E-state index in [0.717, 1.165) is 11.3 Å². The molecule has 240 valence electrons. The van der Waals surface area contributed by atoms with Gasteiger partial charge in [0.1, 0.15) is 29.0 Å². The van der Waals surface area contributed by atoms with Crippen molar-refractivity contribution in [2.45, 2.75) is 45.9 Å². The second-order valence-corrected chi connectivity index (χ2v) is 12.2. The number of carbonyl (C=O) groups excluding carboxylic acids is 1. The zero-order chi connectivity index (χ0) is 32.7. The third-order valence-corrected chi connectivity index (χ3v) is 7.70. The van der Waals surface area contributed by atoms with Crippen LogP contribution in [0.15, 0.2) is 49.1 Å². The molecular weight excluding hydrogens is 593 g/mol. The molecule has 46 heavy (non-hydrogen) atoms. The highest BCUT2D eigenvalue weighted by atomic mass is 19.1. The molecule has 1 aliphatic heterocycles. The predicted molar refractivity (Wildman–Crippen MR) is 169 cm³/mol. The van der Waals surface area contributed by atoms with Crippen LogP contribution in [0.25, 0.3) is 22.4 Å². The van der Waals surface area contributed by atoms with Crippen molar-refractivity contribution in [1.82, 2.24) is 39.2 Å². The number of likely N-dealkylation sites (tertiary alicyclic amines) is 1. The van der Waals surface area contributed by atoms with Crippen molar-refractivity contribution in [3.05, 3.63) is 66.4 Å². The first-order chi connectivity index (χ1) is 21.9. The lowest BCUT2D eigenvalue weighted by Crippen LogP contribution is -2.52. The van der Waals surface area contributed by atoms with Gasteiger partial charge < -0.3 is 28.6 Å². The molecular formula is C32H36FN9O4. The number of pyridine rings is 1. The largest absolute Gasteiger partial charge is 0.497 e. The first-order valence-electron chi connectivity index (χ1n) is 14.8. The lowest BCUT2D eigenvalue weighted by molar-refractivity contribution is -0.000470. The summed E-state index contributed by atoms with van der Waals surface area (Å²) in [5.74, 6) is 0.621. The van der Waals surface area contributed by atoms with Gasteiger partial charge in [-0.05, 0) is 45.9 Å². The number of carbonyl (C=O) groups is 1. The molecule has 0 N–H and O–H groups in total. The predicted octanol–water partition coefficient (Wildman–Crippen LogP) is 5.22. The number of amides is 1. The van der Waals surface area contributed by atoms with Crippen LogP contribution in [0.3, 0.4) is 0 Å². The van der Waals surface area contributed by atoms with Crippen LogP contribution in [0.1, 0.15) is 38.3 Å². The maximum Gasteiger partial charge on any atom is 0.410 e. The summed E-state index contributed by atoms with van der Waals surface area (Å²) in [6.45, 7) is 8.45. The van der Waals surface area contributed by atoms with Crippen molar-refractivity contribution in [3.63, 3.8) is 0 Å². The summed E-state index contributed by atoms with van der Waals surface area (Å²) in [5, 5.41) is 4.68. The van der Waals surface area contributed by atoms with Gasteiger partial charge in [0.25, 0.3) is 0 Å². The zero-order valence-electron chi connectivity index (χ0n) is 26.9. The van der Waals surface area contributed by atoms with Crippen LogP contribution in [-0.2, 0) is 18.3 Å². The average molecular weight is 630 g/mol. The highest BCUT2D eigenvalue weighted by Crippen LogP contribution is 2.37. The maximum atomic E-state index is 15.9. The third kappa shape index (κ3) is 6.14. The van der Waals surface area contributed by atoms with Gasteiger partial charge in [-0.15, -0.1) is 0 Å². The molecule has 5 aromatic rings. The Morgan fingerprint density at radius 2 is 1.87 bits per heavy atom. The molecule has 0 atom stereocenters. The van der Waals surface area contributed by atoms with E-state index in [9.17, 15) is 4.79 Å². The fourth-order valence-corrected chi connectivity index (χ4v) is 5.10. The van der Waals surface area contributed by atoms with Gasteiger partial charge in [-0.3, -0.25) is 4.98 Å². The molecule has 1 saturated heterocycles. The first-order valence-corrected chi connectivity index (χ1v) is 14.8. The van der Waals surface area contributed by atoms with Crippen LogP contribution in [0.5, 0.6) is 11.5 Å². The fraction of sp³-hybridized carbons (Fsp3) is 0.375. The summed E-state index contributed by atoms with van der Waals surface area (Å²) in [7, 11) is 4.86. The van der Waals surface area contributed by atoms with Crippen molar-refractivity contribution in [3.8, 4) is 22.8 Å². The van der Waals surface area contributed by atoms with E-state index in [1.807, 2.05) is 51.6 Å². The van der Waals surface area contributed by atoms with E-state index in [1.54, 1.807) is 45.2 Å². The van der Waals surface area contributed by atoms with E-state index < -0.39 is 11.4 Å². The van der Waals surface area contributed by atoms with Crippen LogP contribution in [0.2, 0.25) is 0 Å². The van der Waals surface area contributed by atoms with Gasteiger partial charge in [-0.2, -0.15) is 5.10 Å². The number of anilines is 2. The number of hydrogen-bond acceptors (Lipinski definition) is 10. The topological polar surface area (TPSA) is 126 Å². The number of halogens is 1. The maximum absolute atomic E-state index is 15.9. The molecule has 0 bridgehead atoms. The van der Waals surface area contributed by atoms with E-state index in [1.165, 1.54) is 20.3 Å². The summed E-state index contributed by atoms with van der Waals surface area (Å²) < 4.78 is 35.9. The number of nitrogens with zero attached hydrogens (tertiary/aromatic N) is 9. The third-order valence-electron chi connectivity index (χ3n) is 7.70. The van der Waals surface area contributed by atoms with E-state index >= 15 is 4.39 Å². The van der Waals surface area contributed by atoms with Crippen LogP contribution >= 0.6 is 0 Å². The molecule has 1 aromatic carbocycles. The monoisotopic (exact) mass is 629 g/mol. The molecule has 5 heterocycles. The number of aromatic nitrogens is 7. The van der Waals surface area contributed by atoms with Crippen molar-refractivity contribution in [2.75, 3.05) is 32.2 Å². The van der Waals surface area contributed by atoms with Gasteiger partial charge in [-0.1, -0.05) is 0 Å². The normalized spacial score (nSPS) is 13.5. The number of rotatable bonds is 8. The Balaban J connectivity index is 1.33. The Morgan fingerprint density at radius 3 is 2.54 bits per heavy atom. The fourth-order valence-electron chi connectivity index (χ4n) is 5.10. The summed E-state index contributed by atoms with van der Waals surface area (Å²) in [6.07, 6.45) is 4.94. The van der Waals surface area contributed by atoms with Crippen molar-refractivity contribution in [2.24, 2.45) is 7.05 Å². The zero-order valence-corrected chi connectivity index (χ0v) is 26.9. The SMILES string of the molecule is COc1cc(OC)c(F)c(N(Cc2ncn(C3CN(C(=O)OC(C)(C)C)C3)n2)c2ccc3ncc(-c4cc(C)n(C)c4)nc3n2)c1. The Hall–Kier alpha value is -5.27. The van der Waals surface area contributed by atoms with Gasteiger partial charge in [0.05, 0.1) is 44.4 Å². The van der Waals surface area contributed by atoms with E-state index in [0.29, 0.717) is 47.3 Å². The molecule has 0 spiro atoms. The van der Waals surface area contributed by atoms with E-state index in [-0.39, 0.29) is 30.1 Å². The first kappa shape index (κ1) is 30.7. The van der Waals surface area contributed by atoms with Crippen LogP contribution in [0.4, 0.5) is 20.7 Å². The molecule has 0 aliphatic carbocycles. The van der Waals surface area contributed by atoms with E-state index in [4.69, 9.17) is 24.2 Å². The molecule has 4 aromatic heterocycles. The Bertz CT molecular complexity index is 1890. The molecule has 0 radical (unpaired) electrons. The number of methoxy groups -OCH3 is 2. The van der Waals surface area contributed by atoms with Crippen molar-refractivity contribution in [1.29, 1.82) is 0 Å². The molecule has 0 unspecified atom stereocenters. The Morgan fingerprint density at radius 1 is 1.09 bits per heavy atom. The molecule has 1 fully saturated rings. The number of aryl methyl sites for hydroxylation is 2. The van der Waals surface area contributed by atoms with Gasteiger partial charge in [0.2, 0.25) is 0 Å². The average Bonchev–Trinajstić information content (AvgIpc) is 3.59. The number of hydrogen-bond donors (Lipinski definition) is 0. The minimum atomic E-state index is -0.601. The second kappa shape index (κ2) is 11.9. The highest BCUT2D eigenvalue weighted by Gasteiger charge is 2.35. The Kier molecular flexibility index (Phi) is 7.96. The number of ether oxygens (including phenoxy) is 3. The minimum absolute atomic E-state index is 0.0110. The summed E-state index contributed by atoms with van der Waals surface area (Å²) >= 11 is 0. The van der Waals surface area contributed by atoms with Crippen molar-refractivity contribution < 1.29 is 23.4 Å². The van der Waals surface area contributed by atoms with Gasteiger partial charge in [0, 0.05) is 49.7 Å². The van der Waals surface area contributed by atoms with Gasteiger partial charge in [0.15, 0.2) is 23.0 Å². The van der Waals surface area contributed by atoms with Gasteiger partial charge >= 0.3 is 6.09 Å². The van der Waals surface area contributed by atoms with Crippen LogP contribution < -0.4 is 14.4 Å². The number of fused-ring (bicyclic) bond motifs is 1. The minimum Gasteiger partial charge on any atom is -0.497 e. The van der Waals surface area contributed by atoms with Crippen LogP contribution in [-0.4, -0.2) is 78.2 Å². The lowest BCUT2D eigenvalue weighted by atomic mass is 10.1. The Labute approximate surface area is 265 Å². The number of benzene rings is 1. The lowest BCUT2D eigenvalue weighted by Gasteiger charge is -2.39. The molecule has 1 aliphatic rings. The second-order valence-electron chi connectivity index (χ2n) is 12.2. The molecule has 13 nitrogen and oxygen atoms in total. The highest BCUT2D eigenvalue weighted by molar-refractivity contribution is 5.77. The quantitative estimate of drug-likeness (QED) is 0.226. The molecule has 6 rings (SSSR count). The van der Waals surface area contributed by atoms with E-state index in [2.05, 4.69) is 15.1 Å². The summed E-state index contributed by atoms with van der Waals surface area (Å²) in [5.41, 5.74) is 3.23. The molecule has 14 heteroatoms.